The number of aliphatic hydroxyl groups excluding tert-OH is 1. The third-order valence-corrected chi connectivity index (χ3v) is 3.26. The van der Waals surface area contributed by atoms with Gasteiger partial charge in [-0.05, 0) is 12.8 Å². The Kier molecular flexibility index (Phi) is 2.64. The molecule has 0 unspecified atom stereocenters. The van der Waals surface area contributed by atoms with Crippen molar-refractivity contribution >= 4 is 17.1 Å². The summed E-state index contributed by atoms with van der Waals surface area (Å²) >= 11 is 0. The van der Waals surface area contributed by atoms with Gasteiger partial charge in [-0.25, -0.2) is 9.66 Å². The predicted molar refractivity (Wildman–Crippen MR) is 66.6 cm³/mol. The van der Waals surface area contributed by atoms with E-state index in [4.69, 9.17) is 21.4 Å². The highest BCUT2D eigenvalue weighted by Crippen LogP contribution is 2.29. The molecule has 0 aliphatic carbocycles. The standard InChI is InChI=1S/C10H14N6O3/c11-10-14-8(18)7-9(16(10)12)15(4-13-7)6-2-1-5(3-17)19-6/h4-6,17H,1-3,12H2,(H2,11,14,18)/t5-,6+/m0/s1. The van der Waals surface area contributed by atoms with Crippen molar-refractivity contribution in [3.05, 3.63) is 16.7 Å². The summed E-state index contributed by atoms with van der Waals surface area (Å²) in [6.45, 7) is -0.0394. The molecule has 0 spiro atoms. The maximum atomic E-state index is 11.7. The number of hydrogen-bond acceptors (Lipinski definition) is 7. The quantitative estimate of drug-likeness (QED) is 0.566. The Balaban J connectivity index is 2.13. The number of rotatable bonds is 2. The van der Waals surface area contributed by atoms with E-state index in [1.807, 2.05) is 0 Å². The third kappa shape index (κ3) is 1.74. The number of hydrogen-bond donors (Lipinski definition) is 3. The average molecular weight is 266 g/mol. The first-order valence-electron chi connectivity index (χ1n) is 5.88. The Labute approximate surface area is 107 Å². The van der Waals surface area contributed by atoms with E-state index in [0.717, 1.165) is 11.1 Å². The molecule has 0 bridgehead atoms. The van der Waals surface area contributed by atoms with Gasteiger partial charge in [-0.1, -0.05) is 0 Å². The second-order valence-corrected chi connectivity index (χ2v) is 4.44. The van der Waals surface area contributed by atoms with Crippen LogP contribution in [0, 0.1) is 0 Å². The van der Waals surface area contributed by atoms with Crippen LogP contribution in [0.2, 0.25) is 0 Å². The largest absolute Gasteiger partial charge is 0.394 e. The second kappa shape index (κ2) is 4.21. The molecule has 5 N–H and O–H groups in total. The van der Waals surface area contributed by atoms with Crippen LogP contribution >= 0.6 is 0 Å². The van der Waals surface area contributed by atoms with Crippen molar-refractivity contribution in [2.75, 3.05) is 18.2 Å². The SMILES string of the molecule is Nc1nc(=O)c2ncn([C@H]3CC[C@@H](CO)O3)c2n1N. The van der Waals surface area contributed by atoms with E-state index in [2.05, 4.69) is 9.97 Å². The number of anilines is 1. The molecule has 0 saturated carbocycles. The minimum Gasteiger partial charge on any atom is -0.394 e. The number of nitrogens with two attached hydrogens (primary N) is 2. The molecule has 0 aromatic carbocycles. The normalized spacial score (nSPS) is 23.2. The lowest BCUT2D eigenvalue weighted by molar-refractivity contribution is -0.0208. The molecule has 3 heterocycles. The van der Waals surface area contributed by atoms with Gasteiger partial charge in [-0.3, -0.25) is 9.36 Å². The lowest BCUT2D eigenvalue weighted by atomic mass is 10.2. The summed E-state index contributed by atoms with van der Waals surface area (Å²) in [5.74, 6) is 5.70. The molecule has 9 nitrogen and oxygen atoms in total. The van der Waals surface area contributed by atoms with E-state index in [-0.39, 0.29) is 30.4 Å². The molecular formula is C10H14N6O3. The van der Waals surface area contributed by atoms with E-state index in [9.17, 15) is 4.79 Å². The van der Waals surface area contributed by atoms with E-state index in [0.29, 0.717) is 12.1 Å². The zero-order valence-electron chi connectivity index (χ0n) is 10.1. The molecule has 9 heteroatoms. The Hall–Kier alpha value is -2.13. The molecule has 1 saturated heterocycles. The Morgan fingerprint density at radius 3 is 3.00 bits per heavy atom. The monoisotopic (exact) mass is 266 g/mol. The highest BCUT2D eigenvalue weighted by atomic mass is 16.5. The summed E-state index contributed by atoms with van der Waals surface area (Å²) in [5.41, 5.74) is 5.56. The zero-order chi connectivity index (χ0) is 13.6. The molecule has 2 aromatic rings. The number of nitrogen functional groups attached to an aromatic ring is 2. The van der Waals surface area contributed by atoms with Gasteiger partial charge >= 0.3 is 5.56 Å². The van der Waals surface area contributed by atoms with Gasteiger partial charge in [-0.2, -0.15) is 4.98 Å². The Morgan fingerprint density at radius 1 is 1.53 bits per heavy atom. The minimum atomic E-state index is -0.523. The van der Waals surface area contributed by atoms with E-state index in [1.54, 1.807) is 4.57 Å². The fourth-order valence-electron chi connectivity index (χ4n) is 2.30. The fourth-order valence-corrected chi connectivity index (χ4v) is 2.30. The zero-order valence-corrected chi connectivity index (χ0v) is 10.1. The van der Waals surface area contributed by atoms with Gasteiger partial charge in [0.25, 0.3) is 0 Å². The summed E-state index contributed by atoms with van der Waals surface area (Å²) in [4.78, 5) is 19.3. The van der Waals surface area contributed by atoms with Gasteiger partial charge in [0, 0.05) is 0 Å². The van der Waals surface area contributed by atoms with Gasteiger partial charge in [0.15, 0.2) is 11.2 Å². The van der Waals surface area contributed by atoms with E-state index >= 15 is 0 Å². The van der Waals surface area contributed by atoms with Crippen molar-refractivity contribution < 1.29 is 9.84 Å². The molecule has 1 aliphatic heterocycles. The molecule has 1 fully saturated rings. The van der Waals surface area contributed by atoms with Gasteiger partial charge in [0.05, 0.1) is 19.0 Å². The summed E-state index contributed by atoms with van der Waals surface area (Å²) < 4.78 is 8.39. The maximum absolute atomic E-state index is 11.7. The van der Waals surface area contributed by atoms with Crippen LogP contribution in [0.5, 0.6) is 0 Å². The number of ether oxygens (including phenoxy) is 1. The third-order valence-electron chi connectivity index (χ3n) is 3.26. The van der Waals surface area contributed by atoms with Crippen molar-refractivity contribution in [3.63, 3.8) is 0 Å². The Morgan fingerprint density at radius 2 is 2.32 bits per heavy atom. The lowest BCUT2D eigenvalue weighted by Crippen LogP contribution is -2.25. The smallest absolute Gasteiger partial charge is 0.302 e. The van der Waals surface area contributed by atoms with Crippen LogP contribution in [0.4, 0.5) is 5.95 Å². The first-order chi connectivity index (χ1) is 9.11. The molecule has 2 atom stereocenters. The van der Waals surface area contributed by atoms with Crippen LogP contribution in [0.15, 0.2) is 11.1 Å². The second-order valence-electron chi connectivity index (χ2n) is 4.44. The number of aromatic nitrogens is 4. The molecule has 19 heavy (non-hydrogen) atoms. The highest BCUT2D eigenvalue weighted by molar-refractivity contribution is 5.71. The maximum Gasteiger partial charge on any atom is 0.302 e. The van der Waals surface area contributed by atoms with E-state index < -0.39 is 5.56 Å². The van der Waals surface area contributed by atoms with Crippen molar-refractivity contribution in [1.29, 1.82) is 0 Å². The van der Waals surface area contributed by atoms with Crippen LogP contribution < -0.4 is 17.1 Å². The van der Waals surface area contributed by atoms with Crippen LogP contribution in [0.3, 0.4) is 0 Å². The fraction of sp³-hybridized carbons (Fsp3) is 0.500. The number of fused-ring (bicyclic) bond motifs is 1. The van der Waals surface area contributed by atoms with Gasteiger partial charge in [0.1, 0.15) is 6.23 Å². The average Bonchev–Trinajstić information content (AvgIpc) is 3.02. The lowest BCUT2D eigenvalue weighted by Gasteiger charge is -2.15. The topological polar surface area (TPSA) is 134 Å². The van der Waals surface area contributed by atoms with Crippen LogP contribution in [0.1, 0.15) is 19.1 Å². The van der Waals surface area contributed by atoms with Crippen molar-refractivity contribution in [2.24, 2.45) is 0 Å². The van der Waals surface area contributed by atoms with Crippen LogP contribution in [-0.2, 0) is 4.74 Å². The van der Waals surface area contributed by atoms with Gasteiger partial charge in [-0.15, -0.1) is 0 Å². The Bertz CT molecular complexity index is 678. The van der Waals surface area contributed by atoms with Crippen molar-refractivity contribution in [2.45, 2.75) is 25.2 Å². The molecule has 2 aromatic heterocycles. The van der Waals surface area contributed by atoms with Crippen LogP contribution in [0.25, 0.3) is 11.2 Å². The molecular weight excluding hydrogens is 252 g/mol. The van der Waals surface area contributed by atoms with Gasteiger partial charge in [0.2, 0.25) is 5.95 Å². The van der Waals surface area contributed by atoms with Crippen molar-refractivity contribution in [3.8, 4) is 0 Å². The molecule has 3 rings (SSSR count). The molecule has 0 amide bonds. The first-order valence-corrected chi connectivity index (χ1v) is 5.88. The number of aliphatic hydroxyl groups is 1. The van der Waals surface area contributed by atoms with Gasteiger partial charge < -0.3 is 21.4 Å². The summed E-state index contributed by atoms with van der Waals surface area (Å²) in [6, 6.07) is 0. The number of nitrogens with zero attached hydrogens (tertiary/aromatic N) is 4. The summed E-state index contributed by atoms with van der Waals surface area (Å²) in [5, 5.41) is 9.08. The predicted octanol–water partition coefficient (Wildman–Crippen LogP) is -1.44. The summed E-state index contributed by atoms with van der Waals surface area (Å²) in [6.07, 6.45) is 2.38. The molecule has 1 aliphatic rings. The van der Waals surface area contributed by atoms with Crippen LogP contribution in [-0.4, -0.2) is 37.0 Å². The molecule has 102 valence electrons. The number of imidazole rings is 1. The summed E-state index contributed by atoms with van der Waals surface area (Å²) in [7, 11) is 0. The first kappa shape index (κ1) is 11.9. The molecule has 0 radical (unpaired) electrons. The highest BCUT2D eigenvalue weighted by Gasteiger charge is 2.28. The van der Waals surface area contributed by atoms with E-state index in [1.165, 1.54) is 6.33 Å². The van der Waals surface area contributed by atoms with Crippen molar-refractivity contribution in [1.82, 2.24) is 19.2 Å². The minimum absolute atomic E-state index is 0.0394.